The minimum atomic E-state index is -0.787. The topological polar surface area (TPSA) is 114 Å². The Labute approximate surface area is 200 Å². The molecule has 0 fully saturated rings. The number of amides is 1. The van der Waals surface area contributed by atoms with Gasteiger partial charge in [0.2, 0.25) is 0 Å². The molecule has 0 bridgehead atoms. The summed E-state index contributed by atoms with van der Waals surface area (Å²) >= 11 is 0. The zero-order valence-electron chi connectivity index (χ0n) is 19.2. The largest absolute Gasteiger partial charge is 0.451 e. The van der Waals surface area contributed by atoms with Gasteiger partial charge >= 0.3 is 5.69 Å². The van der Waals surface area contributed by atoms with Gasteiger partial charge in [-0.05, 0) is 36.2 Å². The number of hydrogen-bond donors (Lipinski definition) is 2. The van der Waals surface area contributed by atoms with Crippen LogP contribution in [-0.4, -0.2) is 15.5 Å². The van der Waals surface area contributed by atoms with Crippen LogP contribution in [0.4, 0.5) is 15.9 Å². The molecule has 2 aromatic carbocycles. The van der Waals surface area contributed by atoms with Gasteiger partial charge in [-0.3, -0.25) is 24.0 Å². The lowest BCUT2D eigenvalue weighted by Crippen LogP contribution is -2.40. The zero-order chi connectivity index (χ0) is 24.9. The van der Waals surface area contributed by atoms with E-state index >= 15 is 0 Å². The normalized spacial score (nSPS) is 10.9. The zero-order valence-corrected chi connectivity index (χ0v) is 19.2. The van der Waals surface area contributed by atoms with Crippen LogP contribution in [0.25, 0.3) is 11.3 Å². The number of nitrogens with zero attached hydrogens (tertiary/aromatic N) is 2. The minimum absolute atomic E-state index is 0.00529. The Kier molecular flexibility index (Phi) is 6.96. The first-order chi connectivity index (χ1) is 16.9. The highest BCUT2D eigenvalue weighted by molar-refractivity contribution is 6.05. The molecule has 0 saturated heterocycles. The molecule has 8 nitrogen and oxygen atoms in total. The van der Waals surface area contributed by atoms with Gasteiger partial charge in [-0.2, -0.15) is 0 Å². The van der Waals surface area contributed by atoms with E-state index in [0.717, 1.165) is 12.0 Å². The SMILES string of the molecule is CCCCn1c(N)c(N(Cc2ccccc2)C(=O)c2ccc(-c3ccccc3F)o2)c(=O)[nH]c1=O. The number of furan rings is 1. The van der Waals surface area contributed by atoms with Crippen LogP contribution in [0.3, 0.4) is 0 Å². The van der Waals surface area contributed by atoms with Gasteiger partial charge in [0.15, 0.2) is 11.4 Å². The van der Waals surface area contributed by atoms with Crippen molar-refractivity contribution in [3.8, 4) is 11.3 Å². The van der Waals surface area contributed by atoms with E-state index in [1.807, 2.05) is 13.0 Å². The summed E-state index contributed by atoms with van der Waals surface area (Å²) in [5.74, 6) is -1.21. The van der Waals surface area contributed by atoms with Crippen molar-refractivity contribution >= 4 is 17.4 Å². The molecule has 0 radical (unpaired) electrons. The molecule has 2 aromatic heterocycles. The Hall–Kier alpha value is -4.40. The maximum Gasteiger partial charge on any atom is 0.330 e. The van der Waals surface area contributed by atoms with Gasteiger partial charge in [0.25, 0.3) is 11.5 Å². The summed E-state index contributed by atoms with van der Waals surface area (Å²) in [4.78, 5) is 42.4. The minimum Gasteiger partial charge on any atom is -0.451 e. The van der Waals surface area contributed by atoms with Gasteiger partial charge in [0.05, 0.1) is 12.1 Å². The average Bonchev–Trinajstić information content (AvgIpc) is 3.34. The predicted molar refractivity (Wildman–Crippen MR) is 132 cm³/mol. The molecule has 0 aliphatic rings. The lowest BCUT2D eigenvalue weighted by Gasteiger charge is -2.24. The monoisotopic (exact) mass is 476 g/mol. The molecule has 2 heterocycles. The number of aromatic nitrogens is 2. The number of hydrogen-bond acceptors (Lipinski definition) is 5. The third-order valence-electron chi connectivity index (χ3n) is 5.60. The molecule has 4 aromatic rings. The van der Waals surface area contributed by atoms with Crippen LogP contribution in [-0.2, 0) is 13.1 Å². The predicted octanol–water partition coefficient (Wildman–Crippen LogP) is 4.17. The van der Waals surface area contributed by atoms with Gasteiger partial charge in [-0.1, -0.05) is 55.8 Å². The summed E-state index contributed by atoms with van der Waals surface area (Å²) in [6.45, 7) is 2.24. The molecule has 9 heteroatoms. The van der Waals surface area contributed by atoms with Crippen LogP contribution >= 0.6 is 0 Å². The molecule has 4 rings (SSSR count). The van der Waals surface area contributed by atoms with Gasteiger partial charge in [0.1, 0.15) is 17.4 Å². The van der Waals surface area contributed by atoms with E-state index in [-0.39, 0.29) is 41.7 Å². The lowest BCUT2D eigenvalue weighted by atomic mass is 10.1. The molecule has 0 saturated carbocycles. The van der Waals surface area contributed by atoms with Crippen molar-refractivity contribution in [3.63, 3.8) is 0 Å². The van der Waals surface area contributed by atoms with Gasteiger partial charge in [-0.25, -0.2) is 9.18 Å². The van der Waals surface area contributed by atoms with Crippen LogP contribution in [0, 0.1) is 5.82 Å². The Bertz CT molecular complexity index is 1460. The number of carbonyl (C=O) groups is 1. The van der Waals surface area contributed by atoms with Gasteiger partial charge in [-0.15, -0.1) is 0 Å². The van der Waals surface area contributed by atoms with Crippen LogP contribution in [0.2, 0.25) is 0 Å². The molecule has 0 atom stereocenters. The van der Waals surface area contributed by atoms with Gasteiger partial charge in [0, 0.05) is 6.54 Å². The summed E-state index contributed by atoms with van der Waals surface area (Å²) in [6.07, 6.45) is 1.46. The van der Waals surface area contributed by atoms with Crippen molar-refractivity contribution in [2.75, 3.05) is 10.6 Å². The van der Waals surface area contributed by atoms with Gasteiger partial charge < -0.3 is 10.2 Å². The van der Waals surface area contributed by atoms with E-state index in [0.29, 0.717) is 6.42 Å². The maximum atomic E-state index is 14.2. The quantitative estimate of drug-likeness (QED) is 0.396. The highest BCUT2D eigenvalue weighted by atomic mass is 19.1. The van der Waals surface area contributed by atoms with Crippen molar-refractivity contribution < 1.29 is 13.6 Å². The van der Waals surface area contributed by atoms with Crippen molar-refractivity contribution in [2.24, 2.45) is 0 Å². The summed E-state index contributed by atoms with van der Waals surface area (Å²) in [5.41, 5.74) is 5.63. The second-order valence-electron chi connectivity index (χ2n) is 8.02. The number of nitrogens with two attached hydrogens (primary N) is 1. The van der Waals surface area contributed by atoms with E-state index in [2.05, 4.69) is 4.98 Å². The molecular weight excluding hydrogens is 451 g/mol. The Balaban J connectivity index is 1.81. The number of carbonyl (C=O) groups excluding carboxylic acids is 1. The highest BCUT2D eigenvalue weighted by Gasteiger charge is 2.28. The summed E-state index contributed by atoms with van der Waals surface area (Å²) in [7, 11) is 0. The molecule has 0 aliphatic heterocycles. The standard InChI is InChI=1S/C26H25FN4O4/c1-2-3-15-30-23(28)22(24(32)29-26(30)34)31(16-17-9-5-4-6-10-17)25(33)21-14-13-20(35-21)18-11-7-8-12-19(18)27/h4-14H,2-3,15-16,28H2,1H3,(H,29,32,34). The lowest BCUT2D eigenvalue weighted by molar-refractivity contribution is 0.0958. The third kappa shape index (κ3) is 4.93. The number of unbranched alkanes of at least 4 members (excludes halogenated alkanes) is 1. The van der Waals surface area contributed by atoms with Crippen LogP contribution in [0.1, 0.15) is 35.9 Å². The maximum absolute atomic E-state index is 14.2. The van der Waals surface area contributed by atoms with Crippen LogP contribution < -0.4 is 21.9 Å². The Morgan fingerprint density at radius 2 is 1.77 bits per heavy atom. The van der Waals surface area contributed by atoms with Crippen LogP contribution in [0.5, 0.6) is 0 Å². The summed E-state index contributed by atoms with van der Waals surface area (Å²) < 4.78 is 21.2. The Morgan fingerprint density at radius 1 is 1.06 bits per heavy atom. The highest BCUT2D eigenvalue weighted by Crippen LogP contribution is 2.28. The molecule has 3 N–H and O–H groups in total. The van der Waals surface area contributed by atoms with E-state index in [4.69, 9.17) is 10.2 Å². The Morgan fingerprint density at radius 3 is 2.49 bits per heavy atom. The fraction of sp³-hybridized carbons (Fsp3) is 0.192. The number of H-pyrrole nitrogens is 1. The second kappa shape index (κ2) is 10.3. The van der Waals surface area contributed by atoms with E-state index in [1.54, 1.807) is 36.4 Å². The summed E-state index contributed by atoms with van der Waals surface area (Å²) in [6, 6.07) is 18.0. The number of anilines is 2. The molecule has 180 valence electrons. The van der Waals surface area contributed by atoms with E-state index < -0.39 is 23.0 Å². The molecule has 0 unspecified atom stereocenters. The molecular formula is C26H25FN4O4. The fourth-order valence-electron chi connectivity index (χ4n) is 3.79. The molecule has 35 heavy (non-hydrogen) atoms. The smallest absolute Gasteiger partial charge is 0.330 e. The van der Waals surface area contributed by atoms with Crippen LogP contribution in [0.15, 0.2) is 80.7 Å². The van der Waals surface area contributed by atoms with Crippen molar-refractivity contribution in [2.45, 2.75) is 32.9 Å². The van der Waals surface area contributed by atoms with Crippen molar-refractivity contribution in [1.82, 2.24) is 9.55 Å². The molecule has 1 amide bonds. The number of nitrogens with one attached hydrogen (secondary N) is 1. The molecule has 0 aliphatic carbocycles. The number of nitrogen functional groups attached to an aromatic ring is 1. The summed E-state index contributed by atoms with van der Waals surface area (Å²) in [5, 5.41) is 0. The third-order valence-corrected chi connectivity index (χ3v) is 5.60. The number of benzene rings is 2. The first-order valence-electron chi connectivity index (χ1n) is 11.2. The number of rotatable bonds is 8. The van der Waals surface area contributed by atoms with E-state index in [1.165, 1.54) is 33.7 Å². The average molecular weight is 477 g/mol. The second-order valence-corrected chi connectivity index (χ2v) is 8.02. The first kappa shape index (κ1) is 23.7. The van der Waals surface area contributed by atoms with E-state index in [9.17, 15) is 18.8 Å². The van der Waals surface area contributed by atoms with Crippen molar-refractivity contribution in [3.05, 3.63) is 105 Å². The first-order valence-corrected chi connectivity index (χ1v) is 11.2. The van der Waals surface area contributed by atoms with Crippen molar-refractivity contribution in [1.29, 1.82) is 0 Å². The number of aromatic amines is 1. The number of halogens is 1. The molecule has 0 spiro atoms. The fourth-order valence-corrected chi connectivity index (χ4v) is 3.79.